The standard InChI is InChI=1S/C24H21F3N4O6S/c25-24(26,27)37-15-4-6-16(7-5-15)38(34,35)31-14-10-17-20(13-8-9-36-12-13)21(30-22(17)28-11-14)23(33)29-18-2-1-3-19(18)32/h4-12,18-19,31-32H,1-3H2,(H,28,30)(H,29,33). The molecule has 1 aliphatic rings. The number of halogens is 3. The maximum Gasteiger partial charge on any atom is 0.573 e. The third-order valence-electron chi connectivity index (χ3n) is 6.10. The van der Waals surface area contributed by atoms with Crippen LogP contribution in [0.25, 0.3) is 22.2 Å². The van der Waals surface area contributed by atoms with Gasteiger partial charge < -0.3 is 24.6 Å². The number of hydrogen-bond donors (Lipinski definition) is 4. The maximum atomic E-state index is 13.1. The molecule has 0 spiro atoms. The second kappa shape index (κ2) is 9.68. The predicted molar refractivity (Wildman–Crippen MR) is 129 cm³/mol. The molecule has 1 fully saturated rings. The highest BCUT2D eigenvalue weighted by Crippen LogP contribution is 2.34. The van der Waals surface area contributed by atoms with Crippen molar-refractivity contribution >= 4 is 32.7 Å². The number of carbonyl (C=O) groups excluding carboxylic acids is 1. The number of aliphatic hydroxyl groups excluding tert-OH is 1. The molecule has 10 nitrogen and oxygen atoms in total. The fourth-order valence-electron chi connectivity index (χ4n) is 4.39. The number of aliphatic hydroxyl groups is 1. The first-order chi connectivity index (χ1) is 18.0. The number of anilines is 1. The first-order valence-electron chi connectivity index (χ1n) is 11.4. The number of pyridine rings is 1. The van der Waals surface area contributed by atoms with Gasteiger partial charge in [-0.25, -0.2) is 13.4 Å². The van der Waals surface area contributed by atoms with Crippen molar-refractivity contribution in [2.24, 2.45) is 0 Å². The molecule has 14 heteroatoms. The molecular formula is C24H21F3N4O6S. The van der Waals surface area contributed by atoms with Gasteiger partial charge in [0.25, 0.3) is 15.9 Å². The van der Waals surface area contributed by atoms with Gasteiger partial charge in [-0.3, -0.25) is 9.52 Å². The number of nitrogens with zero attached hydrogens (tertiary/aromatic N) is 1. The minimum atomic E-state index is -4.91. The summed E-state index contributed by atoms with van der Waals surface area (Å²) in [5.74, 6) is -1.03. The number of ether oxygens (including phenoxy) is 1. The molecule has 1 aliphatic carbocycles. The van der Waals surface area contributed by atoms with Crippen LogP contribution in [-0.2, 0) is 10.0 Å². The minimum absolute atomic E-state index is 0.0510. The zero-order valence-corrected chi connectivity index (χ0v) is 20.3. The topological polar surface area (TPSA) is 147 Å². The molecule has 2 unspecified atom stereocenters. The van der Waals surface area contributed by atoms with Gasteiger partial charge in [-0.1, -0.05) is 0 Å². The summed E-state index contributed by atoms with van der Waals surface area (Å²) in [5.41, 5.74) is 1.47. The largest absolute Gasteiger partial charge is 0.573 e. The molecule has 1 saturated carbocycles. The lowest BCUT2D eigenvalue weighted by atomic mass is 10.0. The molecule has 0 bridgehead atoms. The number of carbonyl (C=O) groups is 1. The molecule has 200 valence electrons. The van der Waals surface area contributed by atoms with Crippen molar-refractivity contribution in [1.82, 2.24) is 15.3 Å². The number of nitrogens with one attached hydrogen (secondary N) is 3. The SMILES string of the molecule is O=C(NC1CCCC1O)c1[nH]c2ncc(NS(=O)(=O)c3ccc(OC(F)(F)F)cc3)cc2c1-c1ccoc1. The Bertz CT molecular complexity index is 1570. The summed E-state index contributed by atoms with van der Waals surface area (Å²) in [4.78, 5) is 20.0. The first-order valence-corrected chi connectivity index (χ1v) is 12.9. The fraction of sp³-hybridized carbons (Fsp3) is 0.250. The van der Waals surface area contributed by atoms with E-state index < -0.39 is 40.2 Å². The highest BCUT2D eigenvalue weighted by Gasteiger charge is 2.31. The smallest absolute Gasteiger partial charge is 0.472 e. The molecular weight excluding hydrogens is 529 g/mol. The molecule has 3 aromatic heterocycles. The van der Waals surface area contributed by atoms with Gasteiger partial charge in [0.15, 0.2) is 0 Å². The number of benzene rings is 1. The maximum absolute atomic E-state index is 13.1. The number of hydrogen-bond acceptors (Lipinski definition) is 7. The molecule has 4 N–H and O–H groups in total. The van der Waals surface area contributed by atoms with E-state index in [1.54, 1.807) is 6.07 Å². The molecule has 1 aromatic carbocycles. The monoisotopic (exact) mass is 550 g/mol. The van der Waals surface area contributed by atoms with Crippen molar-refractivity contribution in [3.05, 3.63) is 60.8 Å². The Kier molecular flexibility index (Phi) is 6.53. The Morgan fingerprint density at radius 1 is 1.18 bits per heavy atom. The highest BCUT2D eigenvalue weighted by molar-refractivity contribution is 7.92. The zero-order valence-electron chi connectivity index (χ0n) is 19.4. The van der Waals surface area contributed by atoms with E-state index in [9.17, 15) is 31.5 Å². The van der Waals surface area contributed by atoms with E-state index in [0.29, 0.717) is 35.0 Å². The van der Waals surface area contributed by atoms with Gasteiger partial charge in [0, 0.05) is 16.5 Å². The number of amides is 1. The van der Waals surface area contributed by atoms with E-state index in [1.807, 2.05) is 0 Å². The number of sulfonamides is 1. The van der Waals surface area contributed by atoms with Crippen molar-refractivity contribution in [3.8, 4) is 16.9 Å². The lowest BCUT2D eigenvalue weighted by Crippen LogP contribution is -2.40. The highest BCUT2D eigenvalue weighted by atomic mass is 32.2. The Hall–Kier alpha value is -4.04. The van der Waals surface area contributed by atoms with Crippen LogP contribution in [-0.4, -0.2) is 47.9 Å². The van der Waals surface area contributed by atoms with Gasteiger partial charge in [-0.2, -0.15) is 0 Å². The number of H-pyrrole nitrogens is 1. The Morgan fingerprint density at radius 2 is 1.95 bits per heavy atom. The lowest BCUT2D eigenvalue weighted by Gasteiger charge is -2.16. The van der Waals surface area contributed by atoms with Crippen molar-refractivity contribution in [3.63, 3.8) is 0 Å². The second-order valence-electron chi connectivity index (χ2n) is 8.71. The van der Waals surface area contributed by atoms with Crippen LogP contribution >= 0.6 is 0 Å². The summed E-state index contributed by atoms with van der Waals surface area (Å²) in [6.07, 6.45) is 0.546. The van der Waals surface area contributed by atoms with E-state index in [1.165, 1.54) is 24.8 Å². The number of aromatic nitrogens is 2. The van der Waals surface area contributed by atoms with Gasteiger partial charge >= 0.3 is 6.36 Å². The fourth-order valence-corrected chi connectivity index (χ4v) is 5.42. The van der Waals surface area contributed by atoms with Crippen LogP contribution in [0.1, 0.15) is 29.8 Å². The molecule has 38 heavy (non-hydrogen) atoms. The molecule has 0 saturated heterocycles. The van der Waals surface area contributed by atoms with Gasteiger partial charge in [0.05, 0.1) is 41.5 Å². The number of aromatic amines is 1. The third kappa shape index (κ3) is 5.31. The second-order valence-corrected chi connectivity index (χ2v) is 10.4. The molecule has 0 aliphatic heterocycles. The van der Waals surface area contributed by atoms with Crippen LogP contribution in [0.3, 0.4) is 0 Å². The van der Waals surface area contributed by atoms with Crippen LogP contribution in [0.15, 0.2) is 64.4 Å². The van der Waals surface area contributed by atoms with E-state index in [-0.39, 0.29) is 16.3 Å². The van der Waals surface area contributed by atoms with Crippen LogP contribution in [0.2, 0.25) is 0 Å². The third-order valence-corrected chi connectivity index (χ3v) is 7.50. The number of furan rings is 1. The van der Waals surface area contributed by atoms with E-state index in [4.69, 9.17) is 4.42 Å². The van der Waals surface area contributed by atoms with Crippen LogP contribution in [0.5, 0.6) is 5.75 Å². The van der Waals surface area contributed by atoms with Gasteiger partial charge in [0.2, 0.25) is 0 Å². The van der Waals surface area contributed by atoms with E-state index in [2.05, 4.69) is 24.7 Å². The van der Waals surface area contributed by atoms with E-state index in [0.717, 1.165) is 30.7 Å². The number of fused-ring (bicyclic) bond motifs is 1. The minimum Gasteiger partial charge on any atom is -0.472 e. The summed E-state index contributed by atoms with van der Waals surface area (Å²) in [6, 6.07) is 6.43. The van der Waals surface area contributed by atoms with Crippen LogP contribution < -0.4 is 14.8 Å². The molecule has 2 atom stereocenters. The van der Waals surface area contributed by atoms with Gasteiger partial charge in [-0.05, 0) is 55.7 Å². The molecule has 3 heterocycles. The van der Waals surface area contributed by atoms with Crippen molar-refractivity contribution in [2.75, 3.05) is 4.72 Å². The Labute approximate surface area is 213 Å². The quantitative estimate of drug-likeness (QED) is 0.270. The molecule has 4 aromatic rings. The van der Waals surface area contributed by atoms with Gasteiger partial charge in [-0.15, -0.1) is 13.2 Å². The van der Waals surface area contributed by atoms with Crippen molar-refractivity contribution in [1.29, 1.82) is 0 Å². The Morgan fingerprint density at radius 3 is 2.58 bits per heavy atom. The summed E-state index contributed by atoms with van der Waals surface area (Å²) in [5, 5.41) is 13.4. The molecule has 0 radical (unpaired) electrons. The Balaban J connectivity index is 1.46. The number of rotatable bonds is 7. The van der Waals surface area contributed by atoms with Gasteiger partial charge in [0.1, 0.15) is 17.1 Å². The van der Waals surface area contributed by atoms with Crippen molar-refractivity contribution < 1.29 is 40.6 Å². The lowest BCUT2D eigenvalue weighted by molar-refractivity contribution is -0.274. The zero-order chi connectivity index (χ0) is 27.1. The van der Waals surface area contributed by atoms with Crippen LogP contribution in [0, 0.1) is 0 Å². The summed E-state index contributed by atoms with van der Waals surface area (Å²) in [6.45, 7) is 0. The average molecular weight is 551 g/mol. The predicted octanol–water partition coefficient (Wildman–Crippen LogP) is 4.17. The average Bonchev–Trinajstić information content (AvgIpc) is 3.58. The normalized spacial score (nSPS) is 18.0. The molecule has 1 amide bonds. The summed E-state index contributed by atoms with van der Waals surface area (Å²) in [7, 11) is -4.20. The van der Waals surface area contributed by atoms with Crippen molar-refractivity contribution in [2.45, 2.75) is 42.7 Å². The first kappa shape index (κ1) is 25.6. The number of alkyl halides is 3. The molecule has 5 rings (SSSR count). The summed E-state index contributed by atoms with van der Waals surface area (Å²) >= 11 is 0. The van der Waals surface area contributed by atoms with E-state index >= 15 is 0 Å². The van der Waals surface area contributed by atoms with Crippen LogP contribution in [0.4, 0.5) is 18.9 Å². The summed E-state index contributed by atoms with van der Waals surface area (Å²) < 4.78 is 74.2.